The van der Waals surface area contributed by atoms with Gasteiger partial charge in [-0.1, -0.05) is 0 Å². The molecule has 1 aromatic heterocycles. The van der Waals surface area contributed by atoms with E-state index in [1.165, 1.54) is 12.1 Å². The molecule has 1 amide bonds. The maximum absolute atomic E-state index is 13.6. The second kappa shape index (κ2) is 5.34. The van der Waals surface area contributed by atoms with Gasteiger partial charge in [-0.15, -0.1) is 0 Å². The number of halogens is 4. The minimum absolute atomic E-state index is 0.185. The molecule has 0 atom stereocenters. The quantitative estimate of drug-likeness (QED) is 0.702. The first kappa shape index (κ1) is 14.4. The molecule has 2 aromatic carbocycles. The van der Waals surface area contributed by atoms with Crippen LogP contribution in [-0.2, 0) is 0 Å². The van der Waals surface area contributed by atoms with Gasteiger partial charge in [-0.2, -0.15) is 0 Å². The highest BCUT2D eigenvalue weighted by atomic mass is 35.5. The van der Waals surface area contributed by atoms with E-state index in [9.17, 15) is 18.0 Å². The zero-order chi connectivity index (χ0) is 15.9. The van der Waals surface area contributed by atoms with Crippen molar-refractivity contribution in [2.45, 2.75) is 0 Å². The average Bonchev–Trinajstić information content (AvgIpc) is 2.84. The second-order valence-corrected chi connectivity index (χ2v) is 4.79. The lowest BCUT2D eigenvalue weighted by Crippen LogP contribution is -2.15. The van der Waals surface area contributed by atoms with Crippen LogP contribution >= 0.6 is 11.6 Å². The highest BCUT2D eigenvalue weighted by molar-refractivity contribution is 6.29. The number of hydrogen-bond donors (Lipinski definition) is 2. The third kappa shape index (κ3) is 2.50. The van der Waals surface area contributed by atoms with Crippen molar-refractivity contribution in [3.63, 3.8) is 0 Å². The van der Waals surface area contributed by atoms with E-state index < -0.39 is 28.9 Å². The third-order valence-electron chi connectivity index (χ3n) is 2.99. The predicted octanol–water partition coefficient (Wildman–Crippen LogP) is 3.89. The Kier molecular flexibility index (Phi) is 3.50. The summed E-state index contributed by atoms with van der Waals surface area (Å²) in [5.74, 6) is -5.49. The molecule has 0 saturated carbocycles. The predicted molar refractivity (Wildman–Crippen MR) is 75.4 cm³/mol. The minimum Gasteiger partial charge on any atom is -0.329 e. The highest BCUT2D eigenvalue weighted by Crippen LogP contribution is 2.21. The Morgan fingerprint density at radius 2 is 1.91 bits per heavy atom. The number of hydrogen-bond acceptors (Lipinski definition) is 2. The van der Waals surface area contributed by atoms with E-state index in [4.69, 9.17) is 11.6 Å². The number of rotatable bonds is 2. The van der Waals surface area contributed by atoms with E-state index in [1.807, 2.05) is 0 Å². The average molecular weight is 326 g/mol. The molecule has 0 saturated heterocycles. The molecule has 0 aliphatic carbocycles. The van der Waals surface area contributed by atoms with Crippen LogP contribution in [0.5, 0.6) is 0 Å². The van der Waals surface area contributed by atoms with Crippen LogP contribution in [0.25, 0.3) is 11.0 Å². The van der Waals surface area contributed by atoms with Gasteiger partial charge in [0.05, 0.1) is 16.6 Å². The first-order chi connectivity index (χ1) is 10.5. The fourth-order valence-electron chi connectivity index (χ4n) is 1.96. The number of H-pyrrole nitrogens is 1. The summed E-state index contributed by atoms with van der Waals surface area (Å²) in [4.78, 5) is 18.7. The molecular weight excluding hydrogens is 319 g/mol. The number of carbonyl (C=O) groups excluding carboxylic acids is 1. The summed E-state index contributed by atoms with van der Waals surface area (Å²) in [6, 6.07) is 6.20. The van der Waals surface area contributed by atoms with Gasteiger partial charge in [0.15, 0.2) is 17.5 Å². The van der Waals surface area contributed by atoms with Crippen LogP contribution in [0.15, 0.2) is 30.3 Å². The molecular formula is C14H7ClF3N3O. The maximum Gasteiger partial charge on any atom is 0.258 e. The summed E-state index contributed by atoms with van der Waals surface area (Å²) < 4.78 is 39.6. The van der Waals surface area contributed by atoms with Crippen LogP contribution in [0.2, 0.25) is 5.28 Å². The first-order valence-corrected chi connectivity index (χ1v) is 6.43. The molecule has 0 aliphatic heterocycles. The highest BCUT2D eigenvalue weighted by Gasteiger charge is 2.19. The molecule has 0 bridgehead atoms. The number of nitrogens with zero attached hydrogens (tertiary/aromatic N) is 1. The monoisotopic (exact) mass is 325 g/mol. The molecule has 4 nitrogen and oxygen atoms in total. The molecule has 3 aromatic rings. The van der Waals surface area contributed by atoms with Crippen LogP contribution in [0.1, 0.15) is 10.4 Å². The Balaban J connectivity index is 1.91. The number of fused-ring (bicyclic) bond motifs is 1. The van der Waals surface area contributed by atoms with Gasteiger partial charge in [0.2, 0.25) is 5.28 Å². The Bertz CT molecular complexity index is 894. The molecule has 0 radical (unpaired) electrons. The molecule has 0 fully saturated rings. The number of aromatic nitrogens is 2. The zero-order valence-electron chi connectivity index (χ0n) is 10.8. The fraction of sp³-hybridized carbons (Fsp3) is 0. The van der Waals surface area contributed by atoms with Gasteiger partial charge in [-0.25, -0.2) is 18.2 Å². The first-order valence-electron chi connectivity index (χ1n) is 6.06. The lowest BCUT2D eigenvalue weighted by molar-refractivity contribution is 0.102. The normalized spacial score (nSPS) is 10.9. The topological polar surface area (TPSA) is 57.8 Å². The number of nitrogens with one attached hydrogen (secondary N) is 2. The Morgan fingerprint density at radius 1 is 1.14 bits per heavy atom. The van der Waals surface area contributed by atoms with Gasteiger partial charge >= 0.3 is 0 Å². The van der Waals surface area contributed by atoms with Crippen molar-refractivity contribution in [2.24, 2.45) is 0 Å². The Morgan fingerprint density at radius 3 is 2.68 bits per heavy atom. The van der Waals surface area contributed by atoms with E-state index in [2.05, 4.69) is 15.3 Å². The van der Waals surface area contributed by atoms with Crippen LogP contribution in [0.3, 0.4) is 0 Å². The largest absolute Gasteiger partial charge is 0.329 e. The molecule has 0 unspecified atom stereocenters. The van der Waals surface area contributed by atoms with E-state index in [0.29, 0.717) is 22.8 Å². The van der Waals surface area contributed by atoms with Crippen LogP contribution < -0.4 is 5.32 Å². The summed E-state index contributed by atoms with van der Waals surface area (Å²) in [5.41, 5.74) is 0.874. The third-order valence-corrected chi connectivity index (χ3v) is 3.17. The maximum atomic E-state index is 13.6. The molecule has 2 N–H and O–H groups in total. The SMILES string of the molecule is O=C(Nc1ccc2nc(Cl)[nH]c2c1)c1ccc(F)c(F)c1F. The summed E-state index contributed by atoms with van der Waals surface area (Å²) in [6.45, 7) is 0. The smallest absolute Gasteiger partial charge is 0.258 e. The van der Waals surface area contributed by atoms with Crippen molar-refractivity contribution < 1.29 is 18.0 Å². The number of anilines is 1. The van der Waals surface area contributed by atoms with Crippen LogP contribution in [0.4, 0.5) is 18.9 Å². The van der Waals surface area contributed by atoms with Crippen molar-refractivity contribution in [3.8, 4) is 0 Å². The Hall–Kier alpha value is -2.54. The summed E-state index contributed by atoms with van der Waals surface area (Å²) in [7, 11) is 0. The molecule has 8 heteroatoms. The number of benzene rings is 2. The molecule has 1 heterocycles. The van der Waals surface area contributed by atoms with Crippen molar-refractivity contribution >= 4 is 34.2 Å². The minimum atomic E-state index is -1.69. The van der Waals surface area contributed by atoms with Crippen molar-refractivity contribution in [3.05, 3.63) is 58.6 Å². The summed E-state index contributed by atoms with van der Waals surface area (Å²) in [5, 5.41) is 2.57. The van der Waals surface area contributed by atoms with E-state index in [1.54, 1.807) is 6.07 Å². The Labute approximate surface area is 126 Å². The number of imidazole rings is 1. The lowest BCUT2D eigenvalue weighted by Gasteiger charge is -2.07. The molecule has 22 heavy (non-hydrogen) atoms. The van der Waals surface area contributed by atoms with Crippen molar-refractivity contribution in [1.29, 1.82) is 0 Å². The molecule has 112 valence electrons. The number of carbonyl (C=O) groups is 1. The molecule has 0 aliphatic rings. The van der Waals surface area contributed by atoms with E-state index in [0.717, 1.165) is 6.07 Å². The lowest BCUT2D eigenvalue weighted by atomic mass is 10.1. The fourth-order valence-corrected chi connectivity index (χ4v) is 2.15. The van der Waals surface area contributed by atoms with Gasteiger partial charge in [-0.05, 0) is 41.9 Å². The van der Waals surface area contributed by atoms with Crippen molar-refractivity contribution in [1.82, 2.24) is 9.97 Å². The van der Waals surface area contributed by atoms with Crippen LogP contribution in [0, 0.1) is 17.5 Å². The van der Waals surface area contributed by atoms with Gasteiger partial charge in [-0.3, -0.25) is 4.79 Å². The molecule has 3 rings (SSSR count). The van der Waals surface area contributed by atoms with Gasteiger partial charge in [0.25, 0.3) is 5.91 Å². The van der Waals surface area contributed by atoms with Crippen LogP contribution in [-0.4, -0.2) is 15.9 Å². The van der Waals surface area contributed by atoms with Gasteiger partial charge < -0.3 is 10.3 Å². The standard InChI is InChI=1S/C14H7ClF3N3O/c15-14-20-9-4-1-6(5-10(9)21-14)19-13(22)7-2-3-8(16)12(18)11(7)17/h1-5H,(H,19,22)(H,20,21). The van der Waals surface area contributed by atoms with Gasteiger partial charge in [0, 0.05) is 5.69 Å². The zero-order valence-corrected chi connectivity index (χ0v) is 11.5. The summed E-state index contributed by atoms with van der Waals surface area (Å²) >= 11 is 5.71. The molecule has 0 spiro atoms. The number of aromatic amines is 1. The van der Waals surface area contributed by atoms with E-state index in [-0.39, 0.29) is 5.28 Å². The van der Waals surface area contributed by atoms with Gasteiger partial charge in [0.1, 0.15) is 0 Å². The second-order valence-electron chi connectivity index (χ2n) is 4.44. The number of amides is 1. The van der Waals surface area contributed by atoms with E-state index >= 15 is 0 Å². The summed E-state index contributed by atoms with van der Waals surface area (Å²) in [6.07, 6.45) is 0. The van der Waals surface area contributed by atoms with Crippen molar-refractivity contribution in [2.75, 3.05) is 5.32 Å².